The molecule has 3 aromatic rings. The monoisotopic (exact) mass is 546 g/mol. The second kappa shape index (κ2) is 10.4. The van der Waals surface area contributed by atoms with Gasteiger partial charge in [0.25, 0.3) is 11.8 Å². The average Bonchev–Trinajstić information content (AvgIpc) is 3.61. The summed E-state index contributed by atoms with van der Waals surface area (Å²) in [6.07, 6.45) is 3.64. The molecule has 4 N–H and O–H groups in total. The highest BCUT2D eigenvalue weighted by molar-refractivity contribution is 6.00. The minimum absolute atomic E-state index is 0.0590. The number of aromatic nitrogens is 1. The van der Waals surface area contributed by atoms with E-state index in [1.165, 1.54) is 7.11 Å². The molecular formula is C28H30N6O6. The summed E-state index contributed by atoms with van der Waals surface area (Å²) in [6.45, 7) is 1.73. The van der Waals surface area contributed by atoms with Crippen LogP contribution in [0, 0.1) is 0 Å². The van der Waals surface area contributed by atoms with Crippen LogP contribution in [0.5, 0.6) is 5.75 Å². The van der Waals surface area contributed by atoms with Crippen molar-refractivity contribution < 1.29 is 29.0 Å². The summed E-state index contributed by atoms with van der Waals surface area (Å²) in [5.41, 5.74) is 1.61. The van der Waals surface area contributed by atoms with Crippen LogP contribution in [0.1, 0.15) is 28.1 Å². The molecule has 12 heteroatoms. The molecule has 6 rings (SSSR count). The molecule has 2 unspecified atom stereocenters. The van der Waals surface area contributed by atoms with E-state index in [1.807, 2.05) is 17.0 Å². The normalized spacial score (nSPS) is 22.0. The number of amides is 2. The van der Waals surface area contributed by atoms with E-state index in [-0.39, 0.29) is 24.8 Å². The SMILES string of the molecule is COc1ccc2c(c1)C(=O)N(CC1(c3cc4nc(N(CCO)CC5=NCCC=C5)ccc4o3)NC(O)NC1=O)C2. The lowest BCUT2D eigenvalue weighted by Gasteiger charge is -2.29. The zero-order chi connectivity index (χ0) is 27.9. The Bertz CT molecular complexity index is 1530. The van der Waals surface area contributed by atoms with Crippen molar-refractivity contribution in [3.05, 3.63) is 65.4 Å². The number of aliphatic imine (C=N–C) groups is 1. The molecule has 1 fully saturated rings. The first kappa shape index (κ1) is 26.0. The van der Waals surface area contributed by atoms with E-state index in [2.05, 4.69) is 21.7 Å². The van der Waals surface area contributed by atoms with Crippen molar-refractivity contribution in [2.75, 3.05) is 44.8 Å². The van der Waals surface area contributed by atoms with Gasteiger partial charge in [0.1, 0.15) is 22.8 Å². The predicted octanol–water partition coefficient (Wildman–Crippen LogP) is 0.883. The van der Waals surface area contributed by atoms with Crippen LogP contribution in [0.15, 0.2) is 58.0 Å². The highest BCUT2D eigenvalue weighted by Crippen LogP contribution is 2.35. The number of hydrogen-bond donors (Lipinski definition) is 4. The summed E-state index contributed by atoms with van der Waals surface area (Å²) in [5.74, 6) is 0.630. The third-order valence-electron chi connectivity index (χ3n) is 7.41. The summed E-state index contributed by atoms with van der Waals surface area (Å²) in [6, 6.07) is 10.5. The van der Waals surface area contributed by atoms with Crippen molar-refractivity contribution in [3.8, 4) is 5.75 Å². The number of nitrogens with zero attached hydrogens (tertiary/aromatic N) is 4. The zero-order valence-electron chi connectivity index (χ0n) is 22.0. The fourth-order valence-electron chi connectivity index (χ4n) is 5.39. The number of methoxy groups -OCH3 is 1. The molecule has 1 saturated heterocycles. The fourth-order valence-corrected chi connectivity index (χ4v) is 5.39. The van der Waals surface area contributed by atoms with Crippen LogP contribution in [0.2, 0.25) is 0 Å². The van der Waals surface area contributed by atoms with E-state index in [1.54, 1.807) is 35.2 Å². The van der Waals surface area contributed by atoms with Crippen molar-refractivity contribution in [2.45, 2.75) is 24.9 Å². The third kappa shape index (κ3) is 4.59. The van der Waals surface area contributed by atoms with Crippen LogP contribution in [-0.2, 0) is 16.9 Å². The smallest absolute Gasteiger partial charge is 0.254 e. The van der Waals surface area contributed by atoms with Gasteiger partial charge < -0.3 is 34.5 Å². The number of rotatable bonds is 9. The van der Waals surface area contributed by atoms with Crippen molar-refractivity contribution in [3.63, 3.8) is 0 Å². The van der Waals surface area contributed by atoms with Crippen LogP contribution < -0.4 is 20.3 Å². The number of benzene rings is 1. The van der Waals surface area contributed by atoms with Crippen LogP contribution in [0.25, 0.3) is 11.1 Å². The van der Waals surface area contributed by atoms with Gasteiger partial charge in [-0.1, -0.05) is 12.1 Å². The van der Waals surface area contributed by atoms with Gasteiger partial charge >= 0.3 is 0 Å². The number of carbonyl (C=O) groups excluding carboxylic acids is 2. The Labute approximate surface area is 229 Å². The molecule has 0 saturated carbocycles. The van der Waals surface area contributed by atoms with E-state index in [0.29, 0.717) is 47.9 Å². The third-order valence-corrected chi connectivity index (χ3v) is 7.41. The lowest BCUT2D eigenvalue weighted by Crippen LogP contribution is -2.53. The van der Waals surface area contributed by atoms with Crippen LogP contribution in [0.3, 0.4) is 0 Å². The molecule has 0 spiro atoms. The number of ether oxygens (including phenoxy) is 1. The molecule has 0 radical (unpaired) electrons. The number of dihydropyridines is 1. The van der Waals surface area contributed by atoms with E-state index >= 15 is 0 Å². The fraction of sp³-hybridized carbons (Fsp3) is 0.357. The second-order valence-electron chi connectivity index (χ2n) is 9.98. The molecule has 40 heavy (non-hydrogen) atoms. The molecule has 3 aliphatic heterocycles. The molecule has 1 aromatic carbocycles. The van der Waals surface area contributed by atoms with Gasteiger partial charge in [-0.3, -0.25) is 19.9 Å². The van der Waals surface area contributed by atoms with Crippen LogP contribution >= 0.6 is 0 Å². The average molecular weight is 547 g/mol. The quantitative estimate of drug-likeness (QED) is 0.306. The highest BCUT2D eigenvalue weighted by atomic mass is 16.5. The van der Waals surface area contributed by atoms with Gasteiger partial charge in [-0.25, -0.2) is 4.98 Å². The van der Waals surface area contributed by atoms with Gasteiger partial charge in [-0.15, -0.1) is 0 Å². The Hall–Kier alpha value is -4.26. The van der Waals surface area contributed by atoms with Crippen LogP contribution in [0.4, 0.5) is 5.82 Å². The number of anilines is 1. The lowest BCUT2D eigenvalue weighted by atomic mass is 9.95. The maximum Gasteiger partial charge on any atom is 0.254 e. The van der Waals surface area contributed by atoms with Crippen molar-refractivity contribution in [1.29, 1.82) is 0 Å². The van der Waals surface area contributed by atoms with Crippen molar-refractivity contribution in [1.82, 2.24) is 20.5 Å². The summed E-state index contributed by atoms with van der Waals surface area (Å²) >= 11 is 0. The number of nitrogens with one attached hydrogen (secondary N) is 2. The Morgan fingerprint density at radius 3 is 2.85 bits per heavy atom. The van der Waals surface area contributed by atoms with Gasteiger partial charge in [0.2, 0.25) is 0 Å². The number of fused-ring (bicyclic) bond motifs is 2. The topological polar surface area (TPSA) is 153 Å². The van der Waals surface area contributed by atoms with Gasteiger partial charge in [0.05, 0.1) is 32.5 Å². The van der Waals surface area contributed by atoms with Gasteiger partial charge in [0, 0.05) is 31.3 Å². The van der Waals surface area contributed by atoms with Crippen molar-refractivity contribution in [2.24, 2.45) is 4.99 Å². The maximum absolute atomic E-state index is 13.3. The summed E-state index contributed by atoms with van der Waals surface area (Å²) < 4.78 is 11.4. The van der Waals surface area contributed by atoms with Gasteiger partial charge in [0.15, 0.2) is 17.5 Å². The molecule has 2 amide bonds. The summed E-state index contributed by atoms with van der Waals surface area (Å²) in [4.78, 5) is 39.4. The van der Waals surface area contributed by atoms with E-state index in [4.69, 9.17) is 14.1 Å². The number of aliphatic hydroxyl groups excluding tert-OH is 2. The maximum atomic E-state index is 13.3. The van der Waals surface area contributed by atoms with E-state index in [9.17, 15) is 19.8 Å². The number of carbonyl (C=O) groups is 2. The Morgan fingerprint density at radius 1 is 1.25 bits per heavy atom. The predicted molar refractivity (Wildman–Crippen MR) is 146 cm³/mol. The number of hydrogen-bond acceptors (Lipinski definition) is 10. The lowest BCUT2D eigenvalue weighted by molar-refractivity contribution is -0.125. The summed E-state index contributed by atoms with van der Waals surface area (Å²) in [5, 5.41) is 25.4. The molecule has 2 atom stereocenters. The minimum Gasteiger partial charge on any atom is -0.497 e. The van der Waals surface area contributed by atoms with Crippen LogP contribution in [-0.4, -0.2) is 83.9 Å². The molecule has 3 aliphatic rings. The minimum atomic E-state index is -1.55. The number of pyridine rings is 1. The molecule has 0 bridgehead atoms. The molecular weight excluding hydrogens is 516 g/mol. The number of aliphatic hydroxyl groups is 2. The van der Waals surface area contributed by atoms with E-state index < -0.39 is 17.8 Å². The Morgan fingerprint density at radius 2 is 2.12 bits per heavy atom. The summed E-state index contributed by atoms with van der Waals surface area (Å²) in [7, 11) is 1.54. The first-order valence-electron chi connectivity index (χ1n) is 13.1. The molecule has 0 aliphatic carbocycles. The first-order chi connectivity index (χ1) is 19.4. The Kier molecular flexibility index (Phi) is 6.74. The molecule has 5 heterocycles. The largest absolute Gasteiger partial charge is 0.497 e. The molecule has 12 nitrogen and oxygen atoms in total. The zero-order valence-corrected chi connectivity index (χ0v) is 22.0. The first-order valence-corrected chi connectivity index (χ1v) is 13.1. The molecule has 208 valence electrons. The highest BCUT2D eigenvalue weighted by Gasteiger charge is 2.52. The van der Waals surface area contributed by atoms with Gasteiger partial charge in [-0.05, 0) is 42.3 Å². The van der Waals surface area contributed by atoms with E-state index in [0.717, 1.165) is 24.2 Å². The standard InChI is InChI=1S/C28H30N6O6/c1-39-19-6-5-17-14-34(25(36)20(17)12-19)16-28(26(37)31-27(38)32-28)23-13-21-22(40-23)7-8-24(30-21)33(10-11-35)15-18-4-2-3-9-29-18/h2,4-8,12-13,27,32,35,38H,3,9-11,14-16H2,1H3,(H,31,37). The number of furan rings is 1. The molecule has 2 aromatic heterocycles. The van der Waals surface area contributed by atoms with Crippen molar-refractivity contribution >= 4 is 34.4 Å². The Balaban J connectivity index is 1.32. The second-order valence-corrected chi connectivity index (χ2v) is 9.98. The van der Waals surface area contributed by atoms with Gasteiger partial charge in [-0.2, -0.15) is 0 Å².